The summed E-state index contributed by atoms with van der Waals surface area (Å²) in [7, 11) is -17.2. The van der Waals surface area contributed by atoms with Crippen LogP contribution in [0.15, 0.2) is 0 Å². The fourth-order valence-corrected chi connectivity index (χ4v) is 4.59. The minimum Gasteiger partial charge on any atom is -0.756 e. The average Bonchev–Trinajstić information content (AvgIpc) is 2.42. The maximum atomic E-state index is 11.1. The molecule has 0 radical (unpaired) electrons. The topological polar surface area (TPSA) is 269 Å². The molecule has 0 spiro atoms. The van der Waals surface area contributed by atoms with E-state index in [1.165, 1.54) is 0 Å². The maximum absolute atomic E-state index is 11.1. The number of phosphoric ester groups is 3. The van der Waals surface area contributed by atoms with Crippen LogP contribution in [0.4, 0.5) is 0 Å². The summed E-state index contributed by atoms with van der Waals surface area (Å²) in [4.78, 5) is 59.4. The second-order valence-electron chi connectivity index (χ2n) is 5.33. The molecular formula is C8H16Na3O15P3. The van der Waals surface area contributed by atoms with Gasteiger partial charge in [0, 0.05) is 0 Å². The van der Waals surface area contributed by atoms with Crippen molar-refractivity contribution >= 4 is 23.5 Å². The van der Waals surface area contributed by atoms with E-state index in [9.17, 15) is 43.7 Å². The molecule has 3 unspecified atom stereocenters. The quantitative estimate of drug-likeness (QED) is 0.136. The third-order valence-corrected chi connectivity index (χ3v) is 5.20. The zero-order chi connectivity index (χ0) is 20.7. The molecule has 21 heteroatoms. The second-order valence-corrected chi connectivity index (χ2v) is 8.74. The minimum atomic E-state index is -5.78. The molecule has 1 rings (SSSR count). The Bertz CT molecular complexity index is 649. The first-order chi connectivity index (χ1) is 11.4. The van der Waals surface area contributed by atoms with Gasteiger partial charge >= 0.3 is 88.7 Å². The van der Waals surface area contributed by atoms with Gasteiger partial charge in [-0.3, -0.25) is 13.7 Å². The van der Waals surface area contributed by atoms with Gasteiger partial charge in [0.2, 0.25) is 0 Å². The molecule has 0 aromatic heterocycles. The SMILES string of the molecule is CC[C@]1(OP(=O)([O-])O)[C@H](OP(=O)([O-])O)[C@@H](O)[C@H](OP(=O)([O-])O)[C@H](O)[C@@H]1O.[Na+].[Na+].[Na+]. The van der Waals surface area contributed by atoms with E-state index >= 15 is 0 Å². The zero-order valence-corrected chi connectivity index (χ0v) is 24.5. The van der Waals surface area contributed by atoms with Crippen LogP contribution in [0.25, 0.3) is 0 Å². The predicted molar refractivity (Wildman–Crippen MR) is 71.3 cm³/mol. The van der Waals surface area contributed by atoms with Crippen molar-refractivity contribution < 1.29 is 161 Å². The van der Waals surface area contributed by atoms with Crippen molar-refractivity contribution in [2.75, 3.05) is 0 Å². The molecule has 1 aliphatic carbocycles. The number of aliphatic hydroxyl groups is 3. The summed E-state index contributed by atoms with van der Waals surface area (Å²) >= 11 is 0. The van der Waals surface area contributed by atoms with E-state index in [1.54, 1.807) is 0 Å². The molecule has 1 fully saturated rings. The average molecular weight is 514 g/mol. The molecule has 0 aromatic rings. The predicted octanol–water partition coefficient (Wildman–Crippen LogP) is -13.6. The van der Waals surface area contributed by atoms with Crippen LogP contribution < -0.4 is 103 Å². The molecule has 0 heterocycles. The minimum absolute atomic E-state index is 0. The molecule has 29 heavy (non-hydrogen) atoms. The molecule has 9 atom stereocenters. The molecule has 0 bridgehead atoms. The van der Waals surface area contributed by atoms with E-state index in [0.717, 1.165) is 6.92 Å². The van der Waals surface area contributed by atoms with Crippen LogP contribution in [0.3, 0.4) is 0 Å². The Balaban J connectivity index is -0.00000225. The van der Waals surface area contributed by atoms with Gasteiger partial charge in [-0.2, -0.15) is 0 Å². The summed E-state index contributed by atoms with van der Waals surface area (Å²) in [6.07, 6.45) is -13.4. The summed E-state index contributed by atoms with van der Waals surface area (Å²) < 4.78 is 45.2. The Morgan fingerprint density at radius 1 is 0.828 bits per heavy atom. The van der Waals surface area contributed by atoms with E-state index in [1.807, 2.05) is 0 Å². The Kier molecular flexibility index (Phi) is 16.9. The summed E-state index contributed by atoms with van der Waals surface area (Å²) in [6.45, 7) is 1.05. The first-order valence-corrected chi connectivity index (χ1v) is 11.2. The largest absolute Gasteiger partial charge is 1.00 e. The molecule has 15 nitrogen and oxygen atoms in total. The molecule has 156 valence electrons. The Morgan fingerprint density at radius 2 is 1.24 bits per heavy atom. The van der Waals surface area contributed by atoms with Crippen molar-refractivity contribution in [2.24, 2.45) is 0 Å². The molecule has 1 aliphatic rings. The smallest absolute Gasteiger partial charge is 0.756 e. The number of rotatable bonds is 7. The first-order valence-electron chi connectivity index (χ1n) is 6.66. The van der Waals surface area contributed by atoms with Crippen LogP contribution in [0, 0.1) is 0 Å². The summed E-state index contributed by atoms with van der Waals surface area (Å²) in [5, 5.41) is 30.2. The van der Waals surface area contributed by atoms with Gasteiger partial charge in [-0.1, -0.05) is 6.92 Å². The van der Waals surface area contributed by atoms with Crippen molar-refractivity contribution in [3.63, 3.8) is 0 Å². The molecule has 0 aromatic carbocycles. The van der Waals surface area contributed by atoms with Crippen molar-refractivity contribution in [1.82, 2.24) is 0 Å². The van der Waals surface area contributed by atoms with E-state index in [4.69, 9.17) is 14.7 Å². The molecule has 6 N–H and O–H groups in total. The standard InChI is InChI=1S/C8H19O15P3.3Na/c1-2-8(23-26(18,19)20)6(11)3(9)5(21-24(12,13)14)4(10)7(8)22-25(15,16)17;;;/h3-7,9-11H,2H2,1H3,(H2,12,13,14)(H2,15,16,17)(H2,18,19,20);;;/q;3*+1/p-3/t3-,4-,5+,6-,7+,8+;;;/m0.../s1. The Morgan fingerprint density at radius 3 is 1.55 bits per heavy atom. The normalized spacial score (nSPS) is 38.1. The van der Waals surface area contributed by atoms with Crippen LogP contribution in [0.2, 0.25) is 0 Å². The van der Waals surface area contributed by atoms with Gasteiger partial charge in [0.15, 0.2) is 0 Å². The summed E-state index contributed by atoms with van der Waals surface area (Å²) in [6, 6.07) is 0. The number of phosphoric acid groups is 3. The second kappa shape index (κ2) is 13.3. The van der Waals surface area contributed by atoms with E-state index < -0.39 is 66.0 Å². The Labute approximate surface area is 231 Å². The fourth-order valence-electron chi connectivity index (χ4n) is 2.67. The number of hydrogen-bond donors (Lipinski definition) is 6. The van der Waals surface area contributed by atoms with Crippen molar-refractivity contribution in [3.05, 3.63) is 0 Å². The van der Waals surface area contributed by atoms with E-state index in [0.29, 0.717) is 0 Å². The zero-order valence-electron chi connectivity index (χ0n) is 15.8. The van der Waals surface area contributed by atoms with Crippen LogP contribution in [-0.4, -0.2) is 66.1 Å². The first kappa shape index (κ1) is 36.8. The third kappa shape index (κ3) is 10.6. The maximum Gasteiger partial charge on any atom is 1.00 e. The monoisotopic (exact) mass is 514 g/mol. The van der Waals surface area contributed by atoms with Crippen LogP contribution in [0.5, 0.6) is 0 Å². The van der Waals surface area contributed by atoms with Crippen molar-refractivity contribution in [1.29, 1.82) is 0 Å². The van der Waals surface area contributed by atoms with Crippen molar-refractivity contribution in [2.45, 2.75) is 49.5 Å². The van der Waals surface area contributed by atoms with Gasteiger partial charge in [-0.05, 0) is 6.42 Å². The van der Waals surface area contributed by atoms with Gasteiger partial charge in [-0.15, -0.1) is 0 Å². The molecule has 1 saturated carbocycles. The molecule has 0 aliphatic heterocycles. The third-order valence-electron chi connectivity index (χ3n) is 3.63. The molecule has 0 amide bonds. The van der Waals surface area contributed by atoms with Gasteiger partial charge in [0.25, 0.3) is 23.5 Å². The Hall–Kier alpha value is 3.21. The van der Waals surface area contributed by atoms with Gasteiger partial charge in [0.1, 0.15) is 36.1 Å². The number of hydrogen-bond acceptors (Lipinski definition) is 12. The van der Waals surface area contributed by atoms with Crippen molar-refractivity contribution in [3.8, 4) is 0 Å². The van der Waals surface area contributed by atoms with E-state index in [2.05, 4.69) is 13.6 Å². The molecular weight excluding hydrogens is 498 g/mol. The van der Waals surface area contributed by atoms with Crippen LogP contribution >= 0.6 is 23.5 Å². The van der Waals surface area contributed by atoms with Crippen LogP contribution in [0.1, 0.15) is 13.3 Å². The molecule has 0 saturated heterocycles. The van der Waals surface area contributed by atoms with Gasteiger partial charge in [0.05, 0.1) is 0 Å². The van der Waals surface area contributed by atoms with Gasteiger partial charge < -0.3 is 58.3 Å². The summed E-state index contributed by atoms with van der Waals surface area (Å²) in [5.41, 5.74) is -2.89. The number of aliphatic hydroxyl groups excluding tert-OH is 3. The fraction of sp³-hybridized carbons (Fsp3) is 1.00. The van der Waals surface area contributed by atoms with Crippen LogP contribution in [-0.2, 0) is 27.3 Å². The van der Waals surface area contributed by atoms with E-state index in [-0.39, 0.29) is 88.7 Å². The summed E-state index contributed by atoms with van der Waals surface area (Å²) in [5.74, 6) is 0. The van der Waals surface area contributed by atoms with Gasteiger partial charge in [-0.25, -0.2) is 0 Å².